The van der Waals surface area contributed by atoms with Crippen LogP contribution in [0.2, 0.25) is 0 Å². The Morgan fingerprint density at radius 1 is 1.29 bits per heavy atom. The van der Waals surface area contributed by atoms with Crippen LogP contribution in [0.3, 0.4) is 0 Å². The summed E-state index contributed by atoms with van der Waals surface area (Å²) in [7, 11) is 0. The topological polar surface area (TPSA) is 49.8 Å². The molecule has 2 N–H and O–H groups in total. The number of aromatic nitrogens is 2. The molecule has 0 fully saturated rings. The molecule has 0 radical (unpaired) electrons. The fourth-order valence-corrected chi connectivity index (χ4v) is 1.03. The summed E-state index contributed by atoms with van der Waals surface area (Å²) < 4.78 is 0. The molecule has 4 nitrogen and oxygen atoms in total. The van der Waals surface area contributed by atoms with Crippen LogP contribution in [0.25, 0.3) is 0 Å². The van der Waals surface area contributed by atoms with Gasteiger partial charge < -0.3 is 10.6 Å². The first kappa shape index (κ1) is 10.9. The summed E-state index contributed by atoms with van der Waals surface area (Å²) in [4.78, 5) is 8.51. The van der Waals surface area contributed by atoms with E-state index in [1.54, 1.807) is 12.4 Å². The first-order chi connectivity index (χ1) is 6.72. The van der Waals surface area contributed by atoms with Gasteiger partial charge in [0.15, 0.2) is 0 Å². The average molecular weight is 194 g/mol. The van der Waals surface area contributed by atoms with Crippen LogP contribution in [0.15, 0.2) is 12.4 Å². The van der Waals surface area contributed by atoms with Crippen molar-refractivity contribution >= 4 is 5.82 Å². The van der Waals surface area contributed by atoms with E-state index in [2.05, 4.69) is 34.4 Å². The fourth-order valence-electron chi connectivity index (χ4n) is 1.03. The SMILES string of the molecule is CCNc1cnc(CNC(C)C)cn1. The molecule has 0 amide bonds. The highest BCUT2D eigenvalue weighted by molar-refractivity contribution is 5.30. The van der Waals surface area contributed by atoms with Gasteiger partial charge in [0, 0.05) is 19.1 Å². The number of hydrogen-bond donors (Lipinski definition) is 2. The van der Waals surface area contributed by atoms with Gasteiger partial charge in [-0.2, -0.15) is 0 Å². The molecule has 0 saturated carbocycles. The van der Waals surface area contributed by atoms with Crippen LogP contribution >= 0.6 is 0 Å². The van der Waals surface area contributed by atoms with Crippen molar-refractivity contribution in [3.63, 3.8) is 0 Å². The average Bonchev–Trinajstić information content (AvgIpc) is 2.17. The molecule has 0 unspecified atom stereocenters. The smallest absolute Gasteiger partial charge is 0.144 e. The Labute approximate surface area is 85.2 Å². The van der Waals surface area contributed by atoms with Crippen LogP contribution < -0.4 is 10.6 Å². The summed E-state index contributed by atoms with van der Waals surface area (Å²) in [6, 6.07) is 0.477. The molecule has 1 heterocycles. The van der Waals surface area contributed by atoms with Crippen molar-refractivity contribution in [3.05, 3.63) is 18.1 Å². The van der Waals surface area contributed by atoms with Crippen molar-refractivity contribution in [3.8, 4) is 0 Å². The van der Waals surface area contributed by atoms with Crippen molar-refractivity contribution in [2.45, 2.75) is 33.4 Å². The maximum absolute atomic E-state index is 4.28. The number of nitrogens with zero attached hydrogens (tertiary/aromatic N) is 2. The molecule has 1 aromatic heterocycles. The van der Waals surface area contributed by atoms with E-state index in [1.807, 2.05) is 6.92 Å². The molecule has 1 aromatic rings. The quantitative estimate of drug-likeness (QED) is 0.744. The molecule has 0 aromatic carbocycles. The number of hydrogen-bond acceptors (Lipinski definition) is 4. The molecule has 0 atom stereocenters. The third-order valence-electron chi connectivity index (χ3n) is 1.75. The Morgan fingerprint density at radius 2 is 2.07 bits per heavy atom. The molecular formula is C10H18N4. The molecule has 0 saturated heterocycles. The largest absolute Gasteiger partial charge is 0.369 e. The van der Waals surface area contributed by atoms with Crippen LogP contribution in [0.5, 0.6) is 0 Å². The van der Waals surface area contributed by atoms with Gasteiger partial charge >= 0.3 is 0 Å². The zero-order valence-corrected chi connectivity index (χ0v) is 9.04. The number of rotatable bonds is 5. The summed E-state index contributed by atoms with van der Waals surface area (Å²) in [5.41, 5.74) is 0.973. The van der Waals surface area contributed by atoms with Crippen molar-refractivity contribution in [1.29, 1.82) is 0 Å². The first-order valence-corrected chi connectivity index (χ1v) is 5.00. The van der Waals surface area contributed by atoms with E-state index < -0.39 is 0 Å². The van der Waals surface area contributed by atoms with E-state index >= 15 is 0 Å². The van der Waals surface area contributed by atoms with Crippen molar-refractivity contribution in [2.24, 2.45) is 0 Å². The standard InChI is InChI=1S/C10H18N4/c1-4-11-10-7-13-9(6-14-10)5-12-8(2)3/h6-8,12H,4-5H2,1-3H3,(H,11,14). The fraction of sp³-hybridized carbons (Fsp3) is 0.600. The van der Waals surface area contributed by atoms with E-state index in [1.165, 1.54) is 0 Å². The highest BCUT2D eigenvalue weighted by Gasteiger charge is 1.97. The van der Waals surface area contributed by atoms with Gasteiger partial charge in [0.2, 0.25) is 0 Å². The Hall–Kier alpha value is -1.16. The molecule has 1 rings (SSSR count). The van der Waals surface area contributed by atoms with Crippen LogP contribution in [-0.2, 0) is 6.54 Å². The minimum atomic E-state index is 0.477. The molecule has 0 spiro atoms. The zero-order chi connectivity index (χ0) is 10.4. The Morgan fingerprint density at radius 3 is 2.57 bits per heavy atom. The van der Waals surface area contributed by atoms with E-state index in [-0.39, 0.29) is 0 Å². The van der Waals surface area contributed by atoms with Crippen molar-refractivity contribution in [1.82, 2.24) is 15.3 Å². The lowest BCUT2D eigenvalue weighted by Crippen LogP contribution is -2.22. The zero-order valence-electron chi connectivity index (χ0n) is 9.04. The van der Waals surface area contributed by atoms with Crippen LogP contribution in [0, 0.1) is 0 Å². The summed E-state index contributed by atoms with van der Waals surface area (Å²) in [5, 5.41) is 6.40. The highest BCUT2D eigenvalue weighted by atomic mass is 15.0. The van der Waals surface area contributed by atoms with Crippen LogP contribution in [0.4, 0.5) is 5.82 Å². The number of nitrogens with one attached hydrogen (secondary N) is 2. The minimum Gasteiger partial charge on any atom is -0.369 e. The van der Waals surface area contributed by atoms with Gasteiger partial charge in [-0.3, -0.25) is 4.98 Å². The lowest BCUT2D eigenvalue weighted by molar-refractivity contribution is 0.580. The third-order valence-corrected chi connectivity index (χ3v) is 1.75. The van der Waals surface area contributed by atoms with Crippen LogP contribution in [0.1, 0.15) is 26.5 Å². The lowest BCUT2D eigenvalue weighted by Gasteiger charge is -2.07. The second-order valence-electron chi connectivity index (χ2n) is 3.46. The second kappa shape index (κ2) is 5.54. The molecule has 0 aliphatic heterocycles. The molecule has 4 heteroatoms. The summed E-state index contributed by atoms with van der Waals surface area (Å²) in [6.07, 6.45) is 3.56. The Kier molecular flexibility index (Phi) is 4.32. The molecule has 0 aliphatic carbocycles. The van der Waals surface area contributed by atoms with Gasteiger partial charge in [0.05, 0.1) is 18.1 Å². The molecule has 78 valence electrons. The van der Waals surface area contributed by atoms with E-state index in [4.69, 9.17) is 0 Å². The van der Waals surface area contributed by atoms with Crippen LogP contribution in [-0.4, -0.2) is 22.6 Å². The molecule has 0 aliphatic rings. The minimum absolute atomic E-state index is 0.477. The third kappa shape index (κ3) is 3.70. The maximum atomic E-state index is 4.28. The van der Waals surface area contributed by atoms with Gasteiger partial charge in [-0.15, -0.1) is 0 Å². The molecule has 0 bridgehead atoms. The van der Waals surface area contributed by atoms with Gasteiger partial charge in [0.25, 0.3) is 0 Å². The van der Waals surface area contributed by atoms with Gasteiger partial charge in [0.1, 0.15) is 5.82 Å². The summed E-state index contributed by atoms with van der Waals surface area (Å²) in [6.45, 7) is 7.91. The van der Waals surface area contributed by atoms with Gasteiger partial charge in [-0.1, -0.05) is 13.8 Å². The van der Waals surface area contributed by atoms with Crippen molar-refractivity contribution < 1.29 is 0 Å². The molecular weight excluding hydrogens is 176 g/mol. The normalized spacial score (nSPS) is 10.6. The Balaban J connectivity index is 2.46. The van der Waals surface area contributed by atoms with Crippen molar-refractivity contribution in [2.75, 3.05) is 11.9 Å². The molecule has 14 heavy (non-hydrogen) atoms. The monoisotopic (exact) mass is 194 g/mol. The Bertz CT molecular complexity index is 255. The number of anilines is 1. The summed E-state index contributed by atoms with van der Waals surface area (Å²) in [5.74, 6) is 0.834. The summed E-state index contributed by atoms with van der Waals surface area (Å²) >= 11 is 0. The van der Waals surface area contributed by atoms with Gasteiger partial charge in [-0.25, -0.2) is 4.98 Å². The van der Waals surface area contributed by atoms with E-state index in [9.17, 15) is 0 Å². The predicted molar refractivity (Wildman–Crippen MR) is 58.2 cm³/mol. The second-order valence-corrected chi connectivity index (χ2v) is 3.46. The first-order valence-electron chi connectivity index (χ1n) is 5.00. The lowest BCUT2D eigenvalue weighted by atomic mass is 10.3. The van der Waals surface area contributed by atoms with E-state index in [0.29, 0.717) is 6.04 Å². The predicted octanol–water partition coefficient (Wildman–Crippen LogP) is 1.41. The van der Waals surface area contributed by atoms with E-state index in [0.717, 1.165) is 24.6 Å². The highest BCUT2D eigenvalue weighted by Crippen LogP contribution is 2.00. The maximum Gasteiger partial charge on any atom is 0.144 e. The van der Waals surface area contributed by atoms with Gasteiger partial charge in [-0.05, 0) is 6.92 Å².